The second-order valence-corrected chi connectivity index (χ2v) is 3.31. The zero-order valence-electron chi connectivity index (χ0n) is 7.90. The average Bonchev–Trinajstić information content (AvgIpc) is 2.06. The summed E-state index contributed by atoms with van der Waals surface area (Å²) in [6.07, 6.45) is 0.884. The fourth-order valence-electron chi connectivity index (χ4n) is 1.61. The highest BCUT2D eigenvalue weighted by Gasteiger charge is 2.22. The van der Waals surface area contributed by atoms with Crippen LogP contribution in [0.5, 0.6) is 0 Å². The molecule has 0 rings (SSSR count). The molecule has 0 spiro atoms. The van der Waals surface area contributed by atoms with Crippen molar-refractivity contribution in [2.75, 3.05) is 13.2 Å². The van der Waals surface area contributed by atoms with Gasteiger partial charge < -0.3 is 15.3 Å². The van der Waals surface area contributed by atoms with E-state index in [2.05, 4.69) is 0 Å². The van der Waals surface area contributed by atoms with Crippen molar-refractivity contribution in [2.24, 2.45) is 11.8 Å². The van der Waals surface area contributed by atoms with Gasteiger partial charge in [-0.25, -0.2) is 0 Å². The van der Waals surface area contributed by atoms with Crippen LogP contribution in [-0.2, 0) is 0 Å². The zero-order valence-corrected chi connectivity index (χ0v) is 7.90. The Bertz CT molecular complexity index is 106. The molecule has 3 atom stereocenters. The van der Waals surface area contributed by atoms with E-state index in [0.29, 0.717) is 6.42 Å². The Balaban J connectivity index is 3.94. The lowest BCUT2D eigenvalue weighted by molar-refractivity contribution is 0.0195. The Morgan fingerprint density at radius 2 is 1.83 bits per heavy atom. The summed E-state index contributed by atoms with van der Waals surface area (Å²) >= 11 is 0. The number of hydrogen-bond acceptors (Lipinski definition) is 3. The van der Waals surface area contributed by atoms with Gasteiger partial charge in [0, 0.05) is 6.61 Å². The molecule has 0 bridgehead atoms. The molecule has 0 amide bonds. The molecular formula is C9H20O3. The Morgan fingerprint density at radius 1 is 1.25 bits per heavy atom. The lowest BCUT2D eigenvalue weighted by atomic mass is 9.85. The molecule has 3 N–H and O–H groups in total. The van der Waals surface area contributed by atoms with Gasteiger partial charge in [-0.3, -0.25) is 0 Å². The highest BCUT2D eigenvalue weighted by atomic mass is 16.3. The fourth-order valence-corrected chi connectivity index (χ4v) is 1.61. The van der Waals surface area contributed by atoms with Crippen molar-refractivity contribution in [3.8, 4) is 0 Å². The lowest BCUT2D eigenvalue weighted by Gasteiger charge is -2.25. The molecule has 74 valence electrons. The van der Waals surface area contributed by atoms with Gasteiger partial charge in [-0.2, -0.15) is 0 Å². The molecule has 12 heavy (non-hydrogen) atoms. The zero-order chi connectivity index (χ0) is 9.56. The minimum Gasteiger partial charge on any atom is -0.396 e. The van der Waals surface area contributed by atoms with Crippen LogP contribution in [0.2, 0.25) is 0 Å². The van der Waals surface area contributed by atoms with Crippen LogP contribution in [0.25, 0.3) is 0 Å². The molecule has 3 heteroatoms. The molecule has 0 fully saturated rings. The molecule has 0 aliphatic rings. The van der Waals surface area contributed by atoms with E-state index in [1.54, 1.807) is 0 Å². The van der Waals surface area contributed by atoms with Crippen molar-refractivity contribution in [3.05, 3.63) is 0 Å². The molecule has 0 saturated heterocycles. The summed E-state index contributed by atoms with van der Waals surface area (Å²) in [6.45, 7) is 3.94. The van der Waals surface area contributed by atoms with Gasteiger partial charge in [-0.1, -0.05) is 20.3 Å². The predicted molar refractivity (Wildman–Crippen MR) is 47.7 cm³/mol. The lowest BCUT2D eigenvalue weighted by Crippen LogP contribution is -2.29. The molecule has 0 saturated carbocycles. The smallest absolute Gasteiger partial charge is 0.0801 e. The van der Waals surface area contributed by atoms with Crippen LogP contribution in [0.15, 0.2) is 0 Å². The Kier molecular flexibility index (Phi) is 6.34. The molecule has 0 aromatic rings. The summed E-state index contributed by atoms with van der Waals surface area (Å²) in [6, 6.07) is 0. The Labute approximate surface area is 74.0 Å². The summed E-state index contributed by atoms with van der Waals surface area (Å²) in [5, 5.41) is 26.8. The minimum absolute atomic E-state index is 0.0992. The van der Waals surface area contributed by atoms with E-state index in [0.717, 1.165) is 6.42 Å². The number of rotatable bonds is 6. The van der Waals surface area contributed by atoms with Crippen LogP contribution in [0, 0.1) is 11.8 Å². The molecule has 0 aromatic heterocycles. The van der Waals surface area contributed by atoms with E-state index in [9.17, 15) is 5.11 Å². The number of aliphatic hydroxyl groups is 3. The van der Waals surface area contributed by atoms with Crippen LogP contribution in [-0.4, -0.2) is 34.6 Å². The van der Waals surface area contributed by atoms with Gasteiger partial charge in [0.25, 0.3) is 0 Å². The van der Waals surface area contributed by atoms with Crippen LogP contribution < -0.4 is 0 Å². The summed E-state index contributed by atoms with van der Waals surface area (Å²) < 4.78 is 0. The third-order valence-electron chi connectivity index (χ3n) is 2.47. The van der Waals surface area contributed by atoms with Gasteiger partial charge in [0.1, 0.15) is 0 Å². The number of aliphatic hydroxyl groups excluding tert-OH is 3. The predicted octanol–water partition coefficient (Wildman–Crippen LogP) is 0.384. The fraction of sp³-hybridized carbons (Fsp3) is 1.00. The molecule has 3 nitrogen and oxygen atoms in total. The third kappa shape index (κ3) is 3.52. The SMILES string of the molecule is CCC(C(C)CCO)C(O)CO. The highest BCUT2D eigenvalue weighted by molar-refractivity contribution is 4.72. The number of hydrogen-bond donors (Lipinski definition) is 3. The first-order valence-corrected chi connectivity index (χ1v) is 4.57. The van der Waals surface area contributed by atoms with Crippen LogP contribution >= 0.6 is 0 Å². The second kappa shape index (κ2) is 6.40. The highest BCUT2D eigenvalue weighted by Crippen LogP contribution is 2.22. The summed E-state index contributed by atoms with van der Waals surface area (Å²) in [7, 11) is 0. The molecule has 0 aromatic carbocycles. The molecule has 0 aliphatic heterocycles. The standard InChI is InChI=1S/C9H20O3/c1-3-8(9(12)6-11)7(2)4-5-10/h7-12H,3-6H2,1-2H3. The average molecular weight is 176 g/mol. The molecule has 0 radical (unpaired) electrons. The molecular weight excluding hydrogens is 156 g/mol. The van der Waals surface area contributed by atoms with Crippen molar-refractivity contribution >= 4 is 0 Å². The molecule has 0 heterocycles. The first-order valence-electron chi connectivity index (χ1n) is 4.57. The van der Waals surface area contributed by atoms with Crippen molar-refractivity contribution in [2.45, 2.75) is 32.8 Å². The van der Waals surface area contributed by atoms with Crippen molar-refractivity contribution in [3.63, 3.8) is 0 Å². The van der Waals surface area contributed by atoms with Crippen LogP contribution in [0.1, 0.15) is 26.7 Å². The van der Waals surface area contributed by atoms with Crippen molar-refractivity contribution in [1.29, 1.82) is 0 Å². The quantitative estimate of drug-likeness (QED) is 0.548. The Morgan fingerprint density at radius 3 is 2.17 bits per heavy atom. The van der Waals surface area contributed by atoms with E-state index < -0.39 is 6.10 Å². The monoisotopic (exact) mass is 176 g/mol. The second-order valence-electron chi connectivity index (χ2n) is 3.31. The van der Waals surface area contributed by atoms with E-state index >= 15 is 0 Å². The first-order chi connectivity index (χ1) is 5.67. The summed E-state index contributed by atoms with van der Waals surface area (Å²) in [5.74, 6) is 0.365. The van der Waals surface area contributed by atoms with E-state index in [1.165, 1.54) is 0 Å². The third-order valence-corrected chi connectivity index (χ3v) is 2.47. The van der Waals surface area contributed by atoms with Crippen LogP contribution in [0.4, 0.5) is 0 Å². The molecule has 3 unspecified atom stereocenters. The van der Waals surface area contributed by atoms with Crippen molar-refractivity contribution in [1.82, 2.24) is 0 Å². The minimum atomic E-state index is -0.642. The van der Waals surface area contributed by atoms with Gasteiger partial charge in [-0.05, 0) is 18.3 Å². The maximum atomic E-state index is 9.38. The largest absolute Gasteiger partial charge is 0.396 e. The first kappa shape index (κ1) is 11.9. The van der Waals surface area contributed by atoms with Crippen molar-refractivity contribution < 1.29 is 15.3 Å². The molecule has 0 aliphatic carbocycles. The van der Waals surface area contributed by atoms with Crippen LogP contribution in [0.3, 0.4) is 0 Å². The maximum Gasteiger partial charge on any atom is 0.0801 e. The maximum absolute atomic E-state index is 9.38. The van der Waals surface area contributed by atoms with Gasteiger partial charge in [0.15, 0.2) is 0 Å². The van der Waals surface area contributed by atoms with E-state index in [-0.39, 0.29) is 25.0 Å². The van der Waals surface area contributed by atoms with Gasteiger partial charge in [0.05, 0.1) is 12.7 Å². The normalized spacial score (nSPS) is 18.8. The summed E-state index contributed by atoms with van der Waals surface area (Å²) in [4.78, 5) is 0. The Hall–Kier alpha value is -0.120. The van der Waals surface area contributed by atoms with Gasteiger partial charge in [-0.15, -0.1) is 0 Å². The van der Waals surface area contributed by atoms with E-state index in [1.807, 2.05) is 13.8 Å². The van der Waals surface area contributed by atoms with E-state index in [4.69, 9.17) is 10.2 Å². The topological polar surface area (TPSA) is 60.7 Å². The van der Waals surface area contributed by atoms with Gasteiger partial charge in [0.2, 0.25) is 0 Å². The summed E-state index contributed by atoms with van der Waals surface area (Å²) in [5.41, 5.74) is 0. The van der Waals surface area contributed by atoms with Gasteiger partial charge >= 0.3 is 0 Å².